The summed E-state index contributed by atoms with van der Waals surface area (Å²) >= 11 is 0. The fourth-order valence-corrected chi connectivity index (χ4v) is 3.84. The molecule has 2 rings (SSSR count). The second-order valence-corrected chi connectivity index (χ2v) is 7.54. The van der Waals surface area contributed by atoms with Crippen molar-refractivity contribution in [3.05, 3.63) is 0 Å². The predicted octanol–water partition coefficient (Wildman–Crippen LogP) is -4.18. The molecule has 0 aromatic rings. The zero-order valence-corrected chi connectivity index (χ0v) is 17.7. The van der Waals surface area contributed by atoms with Gasteiger partial charge in [-0.15, -0.1) is 0 Å². The van der Waals surface area contributed by atoms with Crippen LogP contribution in [0.25, 0.3) is 0 Å². The molecule has 2 aliphatic heterocycles. The summed E-state index contributed by atoms with van der Waals surface area (Å²) in [6.45, 7) is 2.48. The quantitative estimate of drug-likeness (QED) is 0.279. The smallest absolute Gasteiger partial charge is 0.144 e. The lowest BCUT2D eigenvalue weighted by molar-refractivity contribution is -0.902. The molecule has 120 valence electrons. The Morgan fingerprint density at radius 3 is 1.45 bits per heavy atom. The zero-order valence-electron chi connectivity index (χ0n) is 13.4. The van der Waals surface area contributed by atoms with E-state index in [-0.39, 0.29) is 48.0 Å². The molecule has 3 nitrogen and oxygen atoms in total. The Labute approximate surface area is 158 Å². The standard InChI is InChI=1S/C15H30N2O.2HI/c1-16(2)9-5-7-13(16)11-15(18)12-14-8-6-10-17(14,3)4;;/h13-14H,5-12H2,1-4H3;2*1H/q+2;;/p-2/t13-,14+;;. The highest BCUT2D eigenvalue weighted by Gasteiger charge is 2.39. The number of hydrogen-bond acceptors (Lipinski definition) is 1. The molecule has 2 atom stereocenters. The van der Waals surface area contributed by atoms with E-state index in [9.17, 15) is 4.79 Å². The lowest BCUT2D eigenvalue weighted by Crippen LogP contribution is -3.00. The topological polar surface area (TPSA) is 17.1 Å². The van der Waals surface area contributed by atoms with Gasteiger partial charge in [0.1, 0.15) is 5.78 Å². The summed E-state index contributed by atoms with van der Waals surface area (Å²) in [4.78, 5) is 12.3. The normalized spacial score (nSPS) is 30.4. The van der Waals surface area contributed by atoms with Gasteiger partial charge >= 0.3 is 0 Å². The first-order chi connectivity index (χ1) is 8.31. The molecule has 2 saturated heterocycles. The van der Waals surface area contributed by atoms with Crippen LogP contribution >= 0.6 is 0 Å². The molecule has 0 aromatic carbocycles. The maximum Gasteiger partial charge on any atom is 0.144 e. The molecule has 2 aliphatic rings. The van der Waals surface area contributed by atoms with Crippen LogP contribution in [-0.2, 0) is 4.79 Å². The predicted molar refractivity (Wildman–Crippen MR) is 74.2 cm³/mol. The largest absolute Gasteiger partial charge is 1.00 e. The van der Waals surface area contributed by atoms with Gasteiger partial charge in [0.25, 0.3) is 0 Å². The molecule has 0 amide bonds. The first kappa shape index (κ1) is 21.0. The number of ketones is 1. The summed E-state index contributed by atoms with van der Waals surface area (Å²) in [7, 11) is 9.11. The number of likely N-dealkylation sites (tertiary alicyclic amines) is 2. The third kappa shape index (κ3) is 5.05. The van der Waals surface area contributed by atoms with Gasteiger partial charge in [0.15, 0.2) is 0 Å². The molecular weight excluding hydrogens is 478 g/mol. The minimum atomic E-state index is 0. The fourth-order valence-electron chi connectivity index (χ4n) is 3.84. The van der Waals surface area contributed by atoms with Crippen molar-refractivity contribution < 1.29 is 61.7 Å². The Bertz CT molecular complexity index is 302. The summed E-state index contributed by atoms with van der Waals surface area (Å²) in [5.74, 6) is 0.506. The van der Waals surface area contributed by atoms with Gasteiger partial charge in [0, 0.05) is 25.7 Å². The van der Waals surface area contributed by atoms with Crippen LogP contribution in [0, 0.1) is 0 Å². The van der Waals surface area contributed by atoms with E-state index in [1.807, 2.05) is 0 Å². The molecule has 0 spiro atoms. The van der Waals surface area contributed by atoms with E-state index >= 15 is 0 Å². The molecule has 20 heavy (non-hydrogen) atoms. The first-order valence-corrected chi connectivity index (χ1v) is 7.48. The Balaban J connectivity index is 0.00000180. The molecule has 0 radical (unpaired) electrons. The molecule has 2 heterocycles. The van der Waals surface area contributed by atoms with Gasteiger partial charge in [-0.05, 0) is 0 Å². The molecule has 0 saturated carbocycles. The lowest BCUT2D eigenvalue weighted by Gasteiger charge is -2.33. The summed E-state index contributed by atoms with van der Waals surface area (Å²) in [5, 5.41) is 0. The van der Waals surface area contributed by atoms with Crippen LogP contribution in [-0.4, -0.2) is 68.1 Å². The minimum Gasteiger partial charge on any atom is -1.00 e. The van der Waals surface area contributed by atoms with Gasteiger partial charge < -0.3 is 56.9 Å². The van der Waals surface area contributed by atoms with Crippen LogP contribution in [0.15, 0.2) is 0 Å². The number of halogens is 2. The van der Waals surface area contributed by atoms with Crippen LogP contribution in [0.2, 0.25) is 0 Å². The second kappa shape index (κ2) is 8.06. The summed E-state index contributed by atoms with van der Waals surface area (Å²) < 4.78 is 2.10. The molecule has 0 bridgehead atoms. The minimum absolute atomic E-state index is 0. The van der Waals surface area contributed by atoms with Crippen LogP contribution < -0.4 is 48.0 Å². The average Bonchev–Trinajstić information content (AvgIpc) is 2.72. The van der Waals surface area contributed by atoms with Crippen molar-refractivity contribution >= 4 is 5.78 Å². The van der Waals surface area contributed by atoms with E-state index in [0.29, 0.717) is 17.9 Å². The van der Waals surface area contributed by atoms with E-state index in [1.165, 1.54) is 38.8 Å². The number of carbonyl (C=O) groups is 1. The SMILES string of the molecule is C[N+]1(C)CCC[C@@H]1CC(=O)C[C@@H]1CCC[N+]1(C)C.[I-].[I-]. The number of nitrogens with zero attached hydrogens (tertiary/aromatic N) is 2. The zero-order chi connectivity index (χ0) is 13.4. The van der Waals surface area contributed by atoms with E-state index in [1.54, 1.807) is 0 Å². The van der Waals surface area contributed by atoms with Gasteiger partial charge in [-0.1, -0.05) is 0 Å². The monoisotopic (exact) mass is 508 g/mol. The van der Waals surface area contributed by atoms with Gasteiger partial charge in [-0.3, -0.25) is 4.79 Å². The number of Topliss-reactive ketones (excluding diaryl/α,β-unsaturated/α-hetero) is 1. The van der Waals surface area contributed by atoms with Crippen molar-refractivity contribution in [3.63, 3.8) is 0 Å². The van der Waals surface area contributed by atoms with E-state index in [0.717, 1.165) is 21.8 Å². The molecule has 5 heteroatoms. The van der Waals surface area contributed by atoms with Crippen LogP contribution in [0.5, 0.6) is 0 Å². The molecular formula is C15H30I2N2O. The Morgan fingerprint density at radius 1 is 0.850 bits per heavy atom. The lowest BCUT2D eigenvalue weighted by atomic mass is 10.00. The summed E-state index contributed by atoms with van der Waals surface area (Å²) in [5.41, 5.74) is 0. The number of hydrogen-bond donors (Lipinski definition) is 0. The van der Waals surface area contributed by atoms with Crippen molar-refractivity contribution in [1.82, 2.24) is 0 Å². The summed E-state index contributed by atoms with van der Waals surface area (Å²) in [6.07, 6.45) is 6.67. The van der Waals surface area contributed by atoms with Crippen LogP contribution in [0.1, 0.15) is 38.5 Å². The average molecular weight is 508 g/mol. The van der Waals surface area contributed by atoms with Crippen molar-refractivity contribution in [2.75, 3.05) is 41.3 Å². The Hall–Kier alpha value is 1.05. The maximum atomic E-state index is 12.3. The highest BCUT2D eigenvalue weighted by molar-refractivity contribution is 5.79. The highest BCUT2D eigenvalue weighted by atomic mass is 127. The van der Waals surface area contributed by atoms with Crippen molar-refractivity contribution in [2.24, 2.45) is 0 Å². The molecule has 0 aliphatic carbocycles. The van der Waals surface area contributed by atoms with Crippen molar-refractivity contribution in [3.8, 4) is 0 Å². The van der Waals surface area contributed by atoms with Gasteiger partial charge in [-0.25, -0.2) is 0 Å². The van der Waals surface area contributed by atoms with E-state index in [4.69, 9.17) is 0 Å². The molecule has 2 fully saturated rings. The molecule has 0 N–H and O–H groups in total. The Kier molecular flexibility index (Phi) is 8.48. The molecule has 0 unspecified atom stereocenters. The maximum absolute atomic E-state index is 12.3. The van der Waals surface area contributed by atoms with Gasteiger partial charge in [-0.2, -0.15) is 0 Å². The van der Waals surface area contributed by atoms with Crippen LogP contribution in [0.3, 0.4) is 0 Å². The third-order valence-electron chi connectivity index (χ3n) is 5.45. The number of quaternary nitrogens is 2. The summed E-state index contributed by atoms with van der Waals surface area (Å²) in [6, 6.07) is 1.16. The van der Waals surface area contributed by atoms with Crippen molar-refractivity contribution in [2.45, 2.75) is 50.6 Å². The fraction of sp³-hybridized carbons (Fsp3) is 0.933. The van der Waals surface area contributed by atoms with Crippen LogP contribution in [0.4, 0.5) is 0 Å². The first-order valence-electron chi connectivity index (χ1n) is 7.48. The van der Waals surface area contributed by atoms with Gasteiger partial charge in [0.05, 0.1) is 66.2 Å². The molecule has 0 aromatic heterocycles. The second-order valence-electron chi connectivity index (χ2n) is 7.54. The Morgan fingerprint density at radius 2 is 1.20 bits per heavy atom. The third-order valence-corrected chi connectivity index (χ3v) is 5.45. The number of carbonyl (C=O) groups excluding carboxylic acids is 1. The van der Waals surface area contributed by atoms with E-state index in [2.05, 4.69) is 28.2 Å². The number of rotatable bonds is 4. The van der Waals surface area contributed by atoms with Gasteiger partial charge in [0.2, 0.25) is 0 Å². The van der Waals surface area contributed by atoms with Crippen molar-refractivity contribution in [1.29, 1.82) is 0 Å². The van der Waals surface area contributed by atoms with E-state index < -0.39 is 0 Å². The highest BCUT2D eigenvalue weighted by Crippen LogP contribution is 2.28.